The zero-order chi connectivity index (χ0) is 15.2. The molecule has 0 aliphatic carbocycles. The molecule has 0 aliphatic rings. The fourth-order valence-electron chi connectivity index (χ4n) is 2.29. The summed E-state index contributed by atoms with van der Waals surface area (Å²) in [4.78, 5) is 28.8. The van der Waals surface area contributed by atoms with E-state index in [1.165, 1.54) is 11.6 Å². The van der Waals surface area contributed by atoms with E-state index in [9.17, 15) is 9.59 Å². The summed E-state index contributed by atoms with van der Waals surface area (Å²) in [5, 5.41) is 0. The second-order valence-corrected chi connectivity index (χ2v) is 6.14. The van der Waals surface area contributed by atoms with Crippen LogP contribution >= 0.6 is 0 Å². The van der Waals surface area contributed by atoms with Gasteiger partial charge in [0.05, 0.1) is 6.33 Å². The van der Waals surface area contributed by atoms with Crippen LogP contribution in [0.15, 0.2) is 15.9 Å². The van der Waals surface area contributed by atoms with Gasteiger partial charge in [-0.2, -0.15) is 0 Å². The molecule has 7 heteroatoms. The Hall–Kier alpha value is -1.89. The van der Waals surface area contributed by atoms with E-state index in [1.807, 2.05) is 27.7 Å². The fourth-order valence-corrected chi connectivity index (χ4v) is 2.29. The Morgan fingerprint density at radius 2 is 1.95 bits per heavy atom. The Morgan fingerprint density at radius 3 is 2.45 bits per heavy atom. The van der Waals surface area contributed by atoms with E-state index in [4.69, 9.17) is 5.73 Å². The van der Waals surface area contributed by atoms with Crippen molar-refractivity contribution in [2.24, 2.45) is 12.8 Å². The third-order valence-electron chi connectivity index (χ3n) is 3.14. The summed E-state index contributed by atoms with van der Waals surface area (Å²) in [7, 11) is 1.48. The molecule has 0 aromatic carbocycles. The van der Waals surface area contributed by atoms with Crippen molar-refractivity contribution in [1.29, 1.82) is 0 Å². The highest BCUT2D eigenvalue weighted by atomic mass is 16.2. The van der Waals surface area contributed by atoms with Gasteiger partial charge in [-0.05, 0) is 27.7 Å². The summed E-state index contributed by atoms with van der Waals surface area (Å²) in [6.07, 6.45) is 1.57. The van der Waals surface area contributed by atoms with Gasteiger partial charge < -0.3 is 10.3 Å². The number of hydrogen-bond acceptors (Lipinski definition) is 4. The average Bonchev–Trinajstić information content (AvgIpc) is 2.67. The molecule has 20 heavy (non-hydrogen) atoms. The van der Waals surface area contributed by atoms with Crippen molar-refractivity contribution in [1.82, 2.24) is 18.7 Å². The third-order valence-corrected chi connectivity index (χ3v) is 3.14. The standard InChI is InChI=1S/C13H21N5O2/c1-8(2)18-10-9(11(19)16(5)12(18)20)17(7-15-10)6-13(3,4)14/h7-8H,6,14H2,1-5H3. The lowest BCUT2D eigenvalue weighted by Crippen LogP contribution is -2.41. The lowest BCUT2D eigenvalue weighted by Gasteiger charge is -2.19. The predicted octanol–water partition coefficient (Wildman–Crippen LogP) is 0.215. The minimum atomic E-state index is -0.475. The SMILES string of the molecule is CC(C)n1c(=O)n(C)c(=O)c2c1ncn2CC(C)(C)N. The van der Waals surface area contributed by atoms with Crippen LogP contribution in [0.4, 0.5) is 0 Å². The average molecular weight is 279 g/mol. The molecule has 0 atom stereocenters. The van der Waals surface area contributed by atoms with Crippen LogP contribution in [0.3, 0.4) is 0 Å². The van der Waals surface area contributed by atoms with Gasteiger partial charge in [0.1, 0.15) is 0 Å². The second-order valence-electron chi connectivity index (χ2n) is 6.14. The molecule has 0 unspecified atom stereocenters. The van der Waals surface area contributed by atoms with Gasteiger partial charge in [0.2, 0.25) is 0 Å². The Morgan fingerprint density at radius 1 is 1.35 bits per heavy atom. The fraction of sp³-hybridized carbons (Fsp3) is 0.615. The Kier molecular flexibility index (Phi) is 3.33. The van der Waals surface area contributed by atoms with Crippen molar-refractivity contribution in [3.8, 4) is 0 Å². The van der Waals surface area contributed by atoms with E-state index < -0.39 is 5.54 Å². The molecule has 110 valence electrons. The number of aromatic nitrogens is 4. The molecule has 0 bridgehead atoms. The highest BCUT2D eigenvalue weighted by Gasteiger charge is 2.20. The maximum absolute atomic E-state index is 12.3. The van der Waals surface area contributed by atoms with Crippen LogP contribution in [-0.4, -0.2) is 24.2 Å². The molecule has 0 aliphatic heterocycles. The van der Waals surface area contributed by atoms with E-state index in [2.05, 4.69) is 4.98 Å². The topological polar surface area (TPSA) is 87.8 Å². The van der Waals surface area contributed by atoms with Crippen molar-refractivity contribution in [3.05, 3.63) is 27.2 Å². The minimum absolute atomic E-state index is 0.0777. The van der Waals surface area contributed by atoms with Gasteiger partial charge in [0.25, 0.3) is 5.56 Å². The summed E-state index contributed by atoms with van der Waals surface area (Å²) in [5.74, 6) is 0. The smallest absolute Gasteiger partial charge is 0.324 e. The van der Waals surface area contributed by atoms with Crippen molar-refractivity contribution in [2.45, 2.75) is 45.8 Å². The molecule has 0 fully saturated rings. The maximum Gasteiger partial charge on any atom is 0.332 e. The Labute approximate surface area is 116 Å². The largest absolute Gasteiger partial charge is 0.332 e. The van der Waals surface area contributed by atoms with E-state index in [-0.39, 0.29) is 17.3 Å². The predicted molar refractivity (Wildman–Crippen MR) is 77.9 cm³/mol. The molecule has 0 spiro atoms. The zero-order valence-corrected chi connectivity index (χ0v) is 12.5. The van der Waals surface area contributed by atoms with Gasteiger partial charge in [-0.15, -0.1) is 0 Å². The summed E-state index contributed by atoms with van der Waals surface area (Å²) < 4.78 is 4.36. The van der Waals surface area contributed by atoms with Gasteiger partial charge in [0, 0.05) is 25.2 Å². The first-order valence-electron chi connectivity index (χ1n) is 6.58. The van der Waals surface area contributed by atoms with Crippen LogP contribution in [0.5, 0.6) is 0 Å². The van der Waals surface area contributed by atoms with Gasteiger partial charge >= 0.3 is 5.69 Å². The molecule has 0 saturated carbocycles. The van der Waals surface area contributed by atoms with E-state index in [1.54, 1.807) is 10.9 Å². The van der Waals surface area contributed by atoms with Crippen LogP contribution in [0.2, 0.25) is 0 Å². The van der Waals surface area contributed by atoms with Gasteiger partial charge in [-0.3, -0.25) is 13.9 Å². The number of hydrogen-bond donors (Lipinski definition) is 1. The Bertz CT molecular complexity index is 758. The first kappa shape index (κ1) is 14.5. The van der Waals surface area contributed by atoms with E-state index >= 15 is 0 Å². The molecule has 2 N–H and O–H groups in total. The van der Waals surface area contributed by atoms with Crippen LogP contribution in [0.25, 0.3) is 11.2 Å². The van der Waals surface area contributed by atoms with Crippen LogP contribution in [0.1, 0.15) is 33.7 Å². The molecule has 7 nitrogen and oxygen atoms in total. The zero-order valence-electron chi connectivity index (χ0n) is 12.5. The van der Waals surface area contributed by atoms with Gasteiger partial charge in [-0.25, -0.2) is 9.78 Å². The first-order valence-corrected chi connectivity index (χ1v) is 6.58. The molecular weight excluding hydrogens is 258 g/mol. The lowest BCUT2D eigenvalue weighted by molar-refractivity contribution is 0.439. The highest BCUT2D eigenvalue weighted by molar-refractivity contribution is 5.70. The maximum atomic E-state index is 12.3. The van der Waals surface area contributed by atoms with Crippen LogP contribution in [-0.2, 0) is 13.6 Å². The second kappa shape index (κ2) is 4.59. The van der Waals surface area contributed by atoms with Gasteiger partial charge in [-0.1, -0.05) is 0 Å². The number of nitrogens with zero attached hydrogens (tertiary/aromatic N) is 4. The molecule has 2 aromatic heterocycles. The summed E-state index contributed by atoms with van der Waals surface area (Å²) in [6, 6.07) is -0.0777. The lowest BCUT2D eigenvalue weighted by atomic mass is 10.1. The number of rotatable bonds is 3. The third kappa shape index (κ3) is 2.29. The van der Waals surface area contributed by atoms with Gasteiger partial charge in [0.15, 0.2) is 11.2 Å². The van der Waals surface area contributed by atoms with Crippen molar-refractivity contribution in [3.63, 3.8) is 0 Å². The first-order chi connectivity index (χ1) is 9.13. The van der Waals surface area contributed by atoms with Crippen LogP contribution < -0.4 is 17.0 Å². The molecule has 0 saturated heterocycles. The molecule has 2 rings (SSSR count). The quantitative estimate of drug-likeness (QED) is 0.870. The van der Waals surface area contributed by atoms with Crippen molar-refractivity contribution >= 4 is 11.2 Å². The Balaban J connectivity index is 2.86. The molecule has 0 radical (unpaired) electrons. The minimum Gasteiger partial charge on any atom is -0.324 e. The summed E-state index contributed by atoms with van der Waals surface area (Å²) >= 11 is 0. The molecule has 2 aromatic rings. The monoisotopic (exact) mass is 279 g/mol. The molecule has 0 amide bonds. The van der Waals surface area contributed by atoms with Crippen LogP contribution in [0, 0.1) is 0 Å². The molecule has 2 heterocycles. The number of fused-ring (bicyclic) bond motifs is 1. The number of nitrogens with two attached hydrogens (primary N) is 1. The van der Waals surface area contributed by atoms with Crippen molar-refractivity contribution < 1.29 is 0 Å². The molecular formula is C13H21N5O2. The highest BCUT2D eigenvalue weighted by Crippen LogP contribution is 2.13. The van der Waals surface area contributed by atoms with Crippen molar-refractivity contribution in [2.75, 3.05) is 0 Å². The normalized spacial score (nSPS) is 12.6. The summed E-state index contributed by atoms with van der Waals surface area (Å²) in [6.45, 7) is 7.98. The van der Waals surface area contributed by atoms with E-state index in [0.29, 0.717) is 17.7 Å². The number of imidazole rings is 1. The summed E-state index contributed by atoms with van der Waals surface area (Å²) in [5.41, 5.74) is 5.67. The van der Waals surface area contributed by atoms with E-state index in [0.717, 1.165) is 4.57 Å².